The quantitative estimate of drug-likeness (QED) is 0.708. The van der Waals surface area contributed by atoms with Gasteiger partial charge in [-0.2, -0.15) is 0 Å². The van der Waals surface area contributed by atoms with Crippen molar-refractivity contribution in [2.75, 3.05) is 13.2 Å². The summed E-state index contributed by atoms with van der Waals surface area (Å²) in [7, 11) is 0. The van der Waals surface area contributed by atoms with Gasteiger partial charge in [-0.3, -0.25) is 0 Å². The van der Waals surface area contributed by atoms with Gasteiger partial charge < -0.3 is 9.47 Å². The lowest BCUT2D eigenvalue weighted by atomic mass is 10.3. The molecule has 1 aliphatic heterocycles. The lowest BCUT2D eigenvalue weighted by Crippen LogP contribution is -2.26. The van der Waals surface area contributed by atoms with Crippen molar-refractivity contribution in [3.05, 3.63) is 18.1 Å². The summed E-state index contributed by atoms with van der Waals surface area (Å²) in [6, 6.07) is 1.67. The van der Waals surface area contributed by atoms with Crippen molar-refractivity contribution in [2.24, 2.45) is 0 Å². The molecule has 2 heterocycles. The standard InChI is InChI=1S/C9H11FN2O2/c1-6-2-9(12-5-11-6)14-8-4-13-3-7(8)10/h2,5,7-8H,3-4H2,1H3/t7-,8-/m1/s1. The highest BCUT2D eigenvalue weighted by Crippen LogP contribution is 2.16. The molecule has 1 saturated heterocycles. The van der Waals surface area contributed by atoms with Crippen LogP contribution < -0.4 is 4.74 Å². The molecule has 14 heavy (non-hydrogen) atoms. The van der Waals surface area contributed by atoms with Crippen molar-refractivity contribution in [1.29, 1.82) is 0 Å². The third-order valence-corrected chi connectivity index (χ3v) is 2.01. The van der Waals surface area contributed by atoms with E-state index in [4.69, 9.17) is 9.47 Å². The maximum absolute atomic E-state index is 13.1. The van der Waals surface area contributed by atoms with E-state index in [0.29, 0.717) is 5.88 Å². The van der Waals surface area contributed by atoms with E-state index in [0.717, 1.165) is 5.69 Å². The predicted molar refractivity (Wildman–Crippen MR) is 46.9 cm³/mol. The molecule has 1 aromatic rings. The van der Waals surface area contributed by atoms with Gasteiger partial charge >= 0.3 is 0 Å². The minimum absolute atomic E-state index is 0.106. The first-order chi connectivity index (χ1) is 6.75. The molecule has 0 spiro atoms. The molecule has 1 fully saturated rings. The summed E-state index contributed by atoms with van der Waals surface area (Å²) in [5, 5.41) is 0. The third kappa shape index (κ3) is 1.98. The highest BCUT2D eigenvalue weighted by atomic mass is 19.1. The van der Waals surface area contributed by atoms with E-state index in [-0.39, 0.29) is 13.2 Å². The molecule has 0 radical (unpaired) electrons. The second-order valence-corrected chi connectivity index (χ2v) is 3.21. The average Bonchev–Trinajstić information content (AvgIpc) is 2.52. The first kappa shape index (κ1) is 9.33. The van der Waals surface area contributed by atoms with Gasteiger partial charge in [-0.05, 0) is 6.92 Å². The van der Waals surface area contributed by atoms with Gasteiger partial charge in [0.1, 0.15) is 6.33 Å². The second-order valence-electron chi connectivity index (χ2n) is 3.21. The first-order valence-corrected chi connectivity index (χ1v) is 4.43. The molecule has 0 amide bonds. The first-order valence-electron chi connectivity index (χ1n) is 4.43. The maximum Gasteiger partial charge on any atom is 0.216 e. The maximum atomic E-state index is 13.1. The number of nitrogens with zero attached hydrogens (tertiary/aromatic N) is 2. The fourth-order valence-electron chi connectivity index (χ4n) is 1.27. The number of ether oxygens (including phenoxy) is 2. The van der Waals surface area contributed by atoms with E-state index in [9.17, 15) is 4.39 Å². The normalized spacial score (nSPS) is 26.4. The fraction of sp³-hybridized carbons (Fsp3) is 0.556. The van der Waals surface area contributed by atoms with Crippen LogP contribution in [-0.4, -0.2) is 35.5 Å². The molecule has 2 rings (SSSR count). The molecule has 1 aliphatic rings. The molecule has 0 saturated carbocycles. The topological polar surface area (TPSA) is 44.2 Å². The predicted octanol–water partition coefficient (Wildman–Crippen LogP) is 0.901. The van der Waals surface area contributed by atoms with Crippen LogP contribution in [0.3, 0.4) is 0 Å². The van der Waals surface area contributed by atoms with Gasteiger partial charge in [0.2, 0.25) is 5.88 Å². The van der Waals surface area contributed by atoms with Gasteiger partial charge in [0, 0.05) is 11.8 Å². The molecule has 76 valence electrons. The Morgan fingerprint density at radius 2 is 2.36 bits per heavy atom. The van der Waals surface area contributed by atoms with Gasteiger partial charge in [0.05, 0.1) is 13.2 Å². The van der Waals surface area contributed by atoms with Crippen LogP contribution in [-0.2, 0) is 4.74 Å². The van der Waals surface area contributed by atoms with Crippen LogP contribution in [0.25, 0.3) is 0 Å². The number of hydrogen-bond donors (Lipinski definition) is 0. The summed E-state index contributed by atoms with van der Waals surface area (Å²) in [6.45, 7) is 2.21. The van der Waals surface area contributed by atoms with Crippen molar-refractivity contribution in [3.63, 3.8) is 0 Å². The highest BCUT2D eigenvalue weighted by molar-refractivity contribution is 5.12. The van der Waals surface area contributed by atoms with Gasteiger partial charge in [-0.25, -0.2) is 14.4 Å². The van der Waals surface area contributed by atoms with Crippen molar-refractivity contribution in [3.8, 4) is 5.88 Å². The summed E-state index contributed by atoms with van der Waals surface area (Å²) in [5.74, 6) is 0.399. The minimum Gasteiger partial charge on any atom is -0.469 e. The van der Waals surface area contributed by atoms with E-state index < -0.39 is 12.3 Å². The Kier molecular flexibility index (Phi) is 2.58. The van der Waals surface area contributed by atoms with E-state index in [1.54, 1.807) is 6.07 Å². The molecule has 0 aliphatic carbocycles. The molecular formula is C9H11FN2O2. The minimum atomic E-state index is -1.06. The van der Waals surface area contributed by atoms with Crippen LogP contribution in [0.5, 0.6) is 5.88 Å². The van der Waals surface area contributed by atoms with Crippen molar-refractivity contribution in [1.82, 2.24) is 9.97 Å². The Hall–Kier alpha value is -1.23. The molecule has 0 unspecified atom stereocenters. The van der Waals surface area contributed by atoms with Gasteiger partial charge in [-0.1, -0.05) is 0 Å². The Bertz CT molecular complexity index is 321. The largest absolute Gasteiger partial charge is 0.469 e. The molecule has 4 nitrogen and oxygen atoms in total. The fourth-order valence-corrected chi connectivity index (χ4v) is 1.27. The summed E-state index contributed by atoms with van der Waals surface area (Å²) in [4.78, 5) is 7.80. The second kappa shape index (κ2) is 3.88. The zero-order chi connectivity index (χ0) is 9.97. The molecule has 0 N–H and O–H groups in total. The summed E-state index contributed by atoms with van der Waals surface area (Å²) in [6.07, 6.45) is -0.206. The van der Waals surface area contributed by atoms with E-state index in [2.05, 4.69) is 9.97 Å². The monoisotopic (exact) mass is 198 g/mol. The van der Waals surface area contributed by atoms with Crippen molar-refractivity contribution < 1.29 is 13.9 Å². The molecular weight excluding hydrogens is 187 g/mol. The van der Waals surface area contributed by atoms with Gasteiger partial charge in [0.15, 0.2) is 12.3 Å². The SMILES string of the molecule is Cc1cc(O[C@@H]2COC[C@H]2F)ncn1. The van der Waals surface area contributed by atoms with Crippen LogP contribution in [0.15, 0.2) is 12.4 Å². The zero-order valence-electron chi connectivity index (χ0n) is 7.81. The summed E-state index contributed by atoms with van der Waals surface area (Å²) >= 11 is 0. The van der Waals surface area contributed by atoms with E-state index in [1.807, 2.05) is 6.92 Å². The molecule has 0 aromatic carbocycles. The van der Waals surface area contributed by atoms with E-state index >= 15 is 0 Å². The lowest BCUT2D eigenvalue weighted by molar-refractivity contribution is 0.123. The molecule has 5 heteroatoms. The number of halogens is 1. The highest BCUT2D eigenvalue weighted by Gasteiger charge is 2.30. The van der Waals surface area contributed by atoms with E-state index in [1.165, 1.54) is 6.33 Å². The Labute approximate surface area is 81.1 Å². The van der Waals surface area contributed by atoms with Crippen LogP contribution in [0.4, 0.5) is 4.39 Å². The van der Waals surface area contributed by atoms with Crippen LogP contribution in [0, 0.1) is 6.92 Å². The summed E-state index contributed by atoms with van der Waals surface area (Å²) in [5.41, 5.74) is 0.796. The number of alkyl halides is 1. The summed E-state index contributed by atoms with van der Waals surface area (Å²) < 4.78 is 23.3. The Morgan fingerprint density at radius 3 is 3.00 bits per heavy atom. The number of hydrogen-bond acceptors (Lipinski definition) is 4. The zero-order valence-corrected chi connectivity index (χ0v) is 7.81. The van der Waals surface area contributed by atoms with Crippen molar-refractivity contribution >= 4 is 0 Å². The lowest BCUT2D eigenvalue weighted by Gasteiger charge is -2.12. The number of aryl methyl sites for hydroxylation is 1. The van der Waals surface area contributed by atoms with Gasteiger partial charge in [-0.15, -0.1) is 0 Å². The molecule has 2 atom stereocenters. The van der Waals surface area contributed by atoms with Crippen molar-refractivity contribution in [2.45, 2.75) is 19.2 Å². The average molecular weight is 198 g/mol. The third-order valence-electron chi connectivity index (χ3n) is 2.01. The van der Waals surface area contributed by atoms with Crippen LogP contribution in [0.2, 0.25) is 0 Å². The molecule has 0 bridgehead atoms. The molecule has 1 aromatic heterocycles. The van der Waals surface area contributed by atoms with Crippen LogP contribution >= 0.6 is 0 Å². The van der Waals surface area contributed by atoms with Gasteiger partial charge in [0.25, 0.3) is 0 Å². The Morgan fingerprint density at radius 1 is 1.50 bits per heavy atom. The number of aromatic nitrogens is 2. The smallest absolute Gasteiger partial charge is 0.216 e. The van der Waals surface area contributed by atoms with Crippen LogP contribution in [0.1, 0.15) is 5.69 Å². The number of rotatable bonds is 2. The Balaban J connectivity index is 2.03.